The average molecular weight is 383 g/mol. The molecule has 0 fully saturated rings. The summed E-state index contributed by atoms with van der Waals surface area (Å²) < 4.78 is 11.2. The molecule has 6 heteroatoms. The molecule has 6 nitrogen and oxygen atoms in total. The average Bonchev–Trinajstić information content (AvgIpc) is 3.35. The third kappa shape index (κ3) is 3.14. The molecule has 3 heterocycles. The largest absolute Gasteiger partial charge is 0.459 e. The van der Waals surface area contributed by atoms with Crippen molar-refractivity contribution < 1.29 is 13.7 Å². The molecule has 0 saturated carbocycles. The summed E-state index contributed by atoms with van der Waals surface area (Å²) in [5.41, 5.74) is 3.24. The maximum Gasteiger partial charge on any atom is 0.257 e. The number of nitrogens with zero attached hydrogens (tertiary/aromatic N) is 2. The number of para-hydroxylation sites is 1. The Hall–Kier alpha value is -3.93. The molecule has 2 aromatic carbocycles. The van der Waals surface area contributed by atoms with Gasteiger partial charge in [0, 0.05) is 11.6 Å². The Morgan fingerprint density at radius 2 is 1.83 bits per heavy atom. The lowest BCUT2D eigenvalue weighted by Crippen LogP contribution is -2.29. The molecule has 0 aliphatic heterocycles. The highest BCUT2D eigenvalue weighted by Crippen LogP contribution is 2.29. The van der Waals surface area contributed by atoms with Crippen LogP contribution in [-0.4, -0.2) is 16.0 Å². The minimum atomic E-state index is -0.435. The quantitative estimate of drug-likeness (QED) is 0.482. The fourth-order valence-corrected chi connectivity index (χ4v) is 3.39. The maximum atomic E-state index is 13.0. The second-order valence-corrected chi connectivity index (χ2v) is 6.85. The molecule has 5 rings (SSSR count). The SMILES string of the molecule is Cc1noc2ncc(C(=O)N[C@@H](c3ccccc3)c3cc4ccccc4o3)cc12. The van der Waals surface area contributed by atoms with Crippen molar-refractivity contribution in [2.75, 3.05) is 0 Å². The molecular formula is C23H17N3O3. The second kappa shape index (κ2) is 6.91. The Labute approximate surface area is 166 Å². The Kier molecular flexibility index (Phi) is 4.09. The van der Waals surface area contributed by atoms with Crippen LogP contribution in [0, 0.1) is 6.92 Å². The highest BCUT2D eigenvalue weighted by atomic mass is 16.5. The molecule has 0 bridgehead atoms. The van der Waals surface area contributed by atoms with E-state index in [1.54, 1.807) is 6.07 Å². The minimum Gasteiger partial charge on any atom is -0.459 e. The van der Waals surface area contributed by atoms with Crippen molar-refractivity contribution in [3.63, 3.8) is 0 Å². The third-order valence-corrected chi connectivity index (χ3v) is 4.91. The lowest BCUT2D eigenvalue weighted by Gasteiger charge is -2.17. The van der Waals surface area contributed by atoms with Gasteiger partial charge in [0.15, 0.2) is 0 Å². The van der Waals surface area contributed by atoms with Crippen molar-refractivity contribution in [1.82, 2.24) is 15.5 Å². The summed E-state index contributed by atoms with van der Waals surface area (Å²) in [6.07, 6.45) is 1.49. The van der Waals surface area contributed by atoms with E-state index in [1.165, 1.54) is 6.20 Å². The first kappa shape index (κ1) is 17.2. The van der Waals surface area contributed by atoms with Gasteiger partial charge in [-0.25, -0.2) is 4.98 Å². The molecule has 0 spiro atoms. The molecule has 5 aromatic rings. The predicted molar refractivity (Wildman–Crippen MR) is 109 cm³/mol. The first-order chi connectivity index (χ1) is 14.2. The Bertz CT molecular complexity index is 1290. The summed E-state index contributed by atoms with van der Waals surface area (Å²) in [5.74, 6) is 0.412. The van der Waals surface area contributed by atoms with E-state index in [2.05, 4.69) is 15.5 Å². The van der Waals surface area contributed by atoms with Crippen LogP contribution in [0.3, 0.4) is 0 Å². The molecule has 1 atom stereocenters. The van der Waals surface area contributed by atoms with E-state index >= 15 is 0 Å². The molecule has 142 valence electrons. The van der Waals surface area contributed by atoms with Gasteiger partial charge in [0.25, 0.3) is 11.6 Å². The van der Waals surface area contributed by atoms with Gasteiger partial charge in [-0.1, -0.05) is 53.7 Å². The standard InChI is InChI=1S/C23H17N3O3/c1-14-18-11-17(13-24-23(18)29-26-14)22(27)25-21(15-7-3-2-4-8-15)20-12-16-9-5-6-10-19(16)28-20/h2-13,21H,1H3,(H,25,27)/t21-/m0/s1. The van der Waals surface area contributed by atoms with Gasteiger partial charge in [-0.2, -0.15) is 0 Å². The monoisotopic (exact) mass is 383 g/mol. The molecular weight excluding hydrogens is 366 g/mol. The minimum absolute atomic E-state index is 0.255. The van der Waals surface area contributed by atoms with Gasteiger partial charge in [-0.3, -0.25) is 4.79 Å². The van der Waals surface area contributed by atoms with E-state index in [4.69, 9.17) is 8.94 Å². The van der Waals surface area contributed by atoms with Crippen LogP contribution in [0.15, 0.2) is 81.9 Å². The van der Waals surface area contributed by atoms with Gasteiger partial charge in [0.05, 0.1) is 16.6 Å². The lowest BCUT2D eigenvalue weighted by atomic mass is 10.0. The fourth-order valence-electron chi connectivity index (χ4n) is 3.39. The van der Waals surface area contributed by atoms with Crippen molar-refractivity contribution in [3.8, 4) is 0 Å². The van der Waals surface area contributed by atoms with Crippen molar-refractivity contribution in [2.24, 2.45) is 0 Å². The highest BCUT2D eigenvalue weighted by molar-refractivity contribution is 5.97. The first-order valence-corrected chi connectivity index (χ1v) is 9.25. The molecule has 1 amide bonds. The maximum absolute atomic E-state index is 13.0. The Morgan fingerprint density at radius 3 is 2.66 bits per heavy atom. The summed E-state index contributed by atoms with van der Waals surface area (Å²) in [6.45, 7) is 1.82. The van der Waals surface area contributed by atoms with Crippen LogP contribution in [-0.2, 0) is 0 Å². The van der Waals surface area contributed by atoms with Crippen molar-refractivity contribution in [2.45, 2.75) is 13.0 Å². The Balaban J connectivity index is 1.53. The number of pyridine rings is 1. The summed E-state index contributed by atoms with van der Waals surface area (Å²) >= 11 is 0. The van der Waals surface area contributed by atoms with Gasteiger partial charge >= 0.3 is 0 Å². The van der Waals surface area contributed by atoms with Crippen LogP contribution < -0.4 is 5.32 Å². The number of hydrogen-bond acceptors (Lipinski definition) is 5. The lowest BCUT2D eigenvalue weighted by molar-refractivity contribution is 0.0939. The number of aryl methyl sites for hydroxylation is 1. The molecule has 3 aromatic heterocycles. The molecule has 0 radical (unpaired) electrons. The van der Waals surface area contributed by atoms with E-state index in [0.29, 0.717) is 22.7 Å². The van der Waals surface area contributed by atoms with E-state index in [1.807, 2.05) is 67.6 Å². The molecule has 0 unspecified atom stereocenters. The van der Waals surface area contributed by atoms with Gasteiger partial charge in [0.2, 0.25) is 0 Å². The summed E-state index contributed by atoms with van der Waals surface area (Å²) in [7, 11) is 0. The van der Waals surface area contributed by atoms with E-state index in [-0.39, 0.29) is 5.91 Å². The van der Waals surface area contributed by atoms with Crippen LogP contribution in [0.5, 0.6) is 0 Å². The van der Waals surface area contributed by atoms with Crippen LogP contribution in [0.25, 0.3) is 22.1 Å². The number of aromatic nitrogens is 2. The summed E-state index contributed by atoms with van der Waals surface area (Å²) in [6, 6.07) is 20.8. The van der Waals surface area contributed by atoms with Gasteiger partial charge < -0.3 is 14.3 Å². The number of hydrogen-bond donors (Lipinski definition) is 1. The smallest absolute Gasteiger partial charge is 0.257 e. The van der Waals surface area contributed by atoms with Crippen LogP contribution >= 0.6 is 0 Å². The third-order valence-electron chi connectivity index (χ3n) is 4.91. The number of fused-ring (bicyclic) bond motifs is 2. The zero-order valence-corrected chi connectivity index (χ0v) is 15.6. The molecule has 0 aliphatic carbocycles. The zero-order valence-electron chi connectivity index (χ0n) is 15.6. The molecule has 0 saturated heterocycles. The first-order valence-electron chi connectivity index (χ1n) is 9.25. The van der Waals surface area contributed by atoms with Crippen molar-refractivity contribution >= 4 is 28.0 Å². The Morgan fingerprint density at radius 1 is 1.03 bits per heavy atom. The summed E-state index contributed by atoms with van der Waals surface area (Å²) in [4.78, 5) is 17.2. The van der Waals surface area contributed by atoms with E-state index in [9.17, 15) is 4.79 Å². The topological polar surface area (TPSA) is 81.2 Å². The number of furan rings is 1. The van der Waals surface area contributed by atoms with Gasteiger partial charge in [-0.05, 0) is 30.7 Å². The highest BCUT2D eigenvalue weighted by Gasteiger charge is 2.22. The number of carbonyl (C=O) groups is 1. The summed E-state index contributed by atoms with van der Waals surface area (Å²) in [5, 5.41) is 8.68. The normalized spacial score (nSPS) is 12.3. The van der Waals surface area contributed by atoms with Crippen molar-refractivity contribution in [3.05, 3.63) is 95.5 Å². The van der Waals surface area contributed by atoms with Crippen LogP contribution in [0.1, 0.15) is 33.4 Å². The van der Waals surface area contributed by atoms with Crippen molar-refractivity contribution in [1.29, 1.82) is 0 Å². The number of rotatable bonds is 4. The fraction of sp³-hybridized carbons (Fsp3) is 0.0870. The van der Waals surface area contributed by atoms with Crippen LogP contribution in [0.4, 0.5) is 0 Å². The van der Waals surface area contributed by atoms with Crippen LogP contribution in [0.2, 0.25) is 0 Å². The zero-order chi connectivity index (χ0) is 19.8. The predicted octanol–water partition coefficient (Wildman–Crippen LogP) is 4.80. The molecule has 1 N–H and O–H groups in total. The van der Waals surface area contributed by atoms with E-state index < -0.39 is 6.04 Å². The van der Waals surface area contributed by atoms with Gasteiger partial charge in [0.1, 0.15) is 17.4 Å². The molecule has 29 heavy (non-hydrogen) atoms. The number of carbonyl (C=O) groups excluding carboxylic acids is 1. The molecule has 0 aliphatic rings. The van der Waals surface area contributed by atoms with E-state index in [0.717, 1.165) is 21.9 Å². The number of amides is 1. The number of benzene rings is 2. The number of nitrogens with one attached hydrogen (secondary N) is 1. The second-order valence-electron chi connectivity index (χ2n) is 6.85. The van der Waals surface area contributed by atoms with Gasteiger partial charge in [-0.15, -0.1) is 0 Å².